The van der Waals surface area contributed by atoms with Gasteiger partial charge in [0.05, 0.1) is 28.5 Å². The summed E-state index contributed by atoms with van der Waals surface area (Å²) < 4.78 is 11.6. The summed E-state index contributed by atoms with van der Waals surface area (Å²) in [5.74, 6) is 1.15. The molecule has 1 N–H and O–H groups in total. The van der Waals surface area contributed by atoms with Crippen molar-refractivity contribution in [3.05, 3.63) is 45.1 Å². The molecule has 1 fully saturated rings. The quantitative estimate of drug-likeness (QED) is 0.453. The molecule has 1 atom stereocenters. The standard InChI is InChI=1S/C20H21Cl2N5O3S2/c1-12-24-19(26-30-12)17-10-31-20(25-17)32-11-18(28)23-7-14-9-27(4-5-29-14)8-13-2-3-15(21)16(22)6-13/h2-3,6,10,14H,4-5,7-9,11H2,1H3,(H,23,28). The summed E-state index contributed by atoms with van der Waals surface area (Å²) in [5, 5.41) is 9.76. The summed E-state index contributed by atoms with van der Waals surface area (Å²) in [4.78, 5) is 23.2. The van der Waals surface area contributed by atoms with Crippen LogP contribution in [0.25, 0.3) is 11.5 Å². The molecule has 0 aliphatic carbocycles. The van der Waals surface area contributed by atoms with E-state index in [1.54, 1.807) is 6.92 Å². The van der Waals surface area contributed by atoms with E-state index in [-0.39, 0.29) is 17.8 Å². The van der Waals surface area contributed by atoms with E-state index >= 15 is 0 Å². The Morgan fingerprint density at radius 3 is 3.00 bits per heavy atom. The highest BCUT2D eigenvalue weighted by atomic mass is 35.5. The number of amides is 1. The van der Waals surface area contributed by atoms with Gasteiger partial charge in [-0.2, -0.15) is 4.98 Å². The van der Waals surface area contributed by atoms with Gasteiger partial charge in [-0.1, -0.05) is 46.2 Å². The number of thioether (sulfide) groups is 1. The number of carbonyl (C=O) groups is 1. The maximum absolute atomic E-state index is 12.3. The van der Waals surface area contributed by atoms with E-state index in [2.05, 4.69) is 25.3 Å². The number of aryl methyl sites for hydroxylation is 1. The highest BCUT2D eigenvalue weighted by molar-refractivity contribution is 8.01. The van der Waals surface area contributed by atoms with Crippen LogP contribution in [0, 0.1) is 6.92 Å². The van der Waals surface area contributed by atoms with Crippen molar-refractivity contribution in [3.8, 4) is 11.5 Å². The van der Waals surface area contributed by atoms with E-state index in [0.717, 1.165) is 29.5 Å². The number of halogens is 2. The van der Waals surface area contributed by atoms with Gasteiger partial charge in [-0.15, -0.1) is 11.3 Å². The normalized spacial score (nSPS) is 16.9. The number of thiazole rings is 1. The molecule has 1 aliphatic rings. The second-order valence-electron chi connectivity index (χ2n) is 7.20. The Labute approximate surface area is 203 Å². The second kappa shape index (κ2) is 11.0. The maximum atomic E-state index is 12.3. The molecule has 12 heteroatoms. The van der Waals surface area contributed by atoms with Crippen molar-refractivity contribution in [2.45, 2.75) is 23.9 Å². The summed E-state index contributed by atoms with van der Waals surface area (Å²) in [6, 6.07) is 5.67. The van der Waals surface area contributed by atoms with Gasteiger partial charge in [0.1, 0.15) is 5.69 Å². The Kier molecular flexibility index (Phi) is 8.03. The van der Waals surface area contributed by atoms with Gasteiger partial charge in [0.25, 0.3) is 0 Å². The first-order valence-electron chi connectivity index (χ1n) is 9.90. The minimum Gasteiger partial charge on any atom is -0.374 e. The van der Waals surface area contributed by atoms with Crippen LogP contribution in [0.5, 0.6) is 0 Å². The predicted molar refractivity (Wildman–Crippen MR) is 125 cm³/mol. The number of hydrogen-bond acceptors (Lipinski definition) is 9. The summed E-state index contributed by atoms with van der Waals surface area (Å²) in [5.41, 5.74) is 1.74. The van der Waals surface area contributed by atoms with Gasteiger partial charge in [0.2, 0.25) is 17.6 Å². The summed E-state index contributed by atoms with van der Waals surface area (Å²) in [6.07, 6.45) is -0.0617. The molecule has 1 aliphatic heterocycles. The lowest BCUT2D eigenvalue weighted by atomic mass is 10.2. The largest absolute Gasteiger partial charge is 0.374 e. The third-order valence-corrected chi connectivity index (χ3v) is 7.47. The molecule has 170 valence electrons. The lowest BCUT2D eigenvalue weighted by Gasteiger charge is -2.33. The molecule has 3 aromatic rings. The average molecular weight is 514 g/mol. The predicted octanol–water partition coefficient (Wildman–Crippen LogP) is 3.92. The molecular weight excluding hydrogens is 493 g/mol. The molecule has 0 saturated carbocycles. The van der Waals surface area contributed by atoms with Crippen LogP contribution in [-0.2, 0) is 16.1 Å². The SMILES string of the molecule is Cc1nc(-c2csc(SCC(=O)NCC3CN(Cc4ccc(Cl)c(Cl)c4)CCO3)n2)no1. The van der Waals surface area contributed by atoms with Gasteiger partial charge in [-0.3, -0.25) is 9.69 Å². The molecule has 1 saturated heterocycles. The zero-order valence-corrected chi connectivity index (χ0v) is 20.4. The Bertz CT molecular complexity index is 1080. The highest BCUT2D eigenvalue weighted by Gasteiger charge is 2.21. The molecule has 32 heavy (non-hydrogen) atoms. The van der Waals surface area contributed by atoms with Crippen LogP contribution < -0.4 is 5.32 Å². The van der Waals surface area contributed by atoms with Crippen LogP contribution in [-0.4, -0.2) is 64.0 Å². The van der Waals surface area contributed by atoms with Gasteiger partial charge >= 0.3 is 0 Å². The van der Waals surface area contributed by atoms with Crippen LogP contribution in [0.2, 0.25) is 10.0 Å². The fraction of sp³-hybridized carbons (Fsp3) is 0.400. The fourth-order valence-electron chi connectivity index (χ4n) is 3.18. The third kappa shape index (κ3) is 6.43. The smallest absolute Gasteiger partial charge is 0.230 e. The Morgan fingerprint density at radius 2 is 2.22 bits per heavy atom. The van der Waals surface area contributed by atoms with Gasteiger partial charge < -0.3 is 14.6 Å². The van der Waals surface area contributed by atoms with Gasteiger partial charge in [0.15, 0.2) is 4.34 Å². The van der Waals surface area contributed by atoms with Crippen LogP contribution in [0.1, 0.15) is 11.5 Å². The molecule has 1 amide bonds. The second-order valence-corrected chi connectivity index (χ2v) is 10.1. The van der Waals surface area contributed by atoms with E-state index in [9.17, 15) is 4.79 Å². The Balaban J connectivity index is 1.20. The van der Waals surface area contributed by atoms with E-state index in [1.807, 2.05) is 23.6 Å². The van der Waals surface area contributed by atoms with Crippen molar-refractivity contribution < 1.29 is 14.1 Å². The van der Waals surface area contributed by atoms with E-state index < -0.39 is 0 Å². The molecule has 2 aromatic heterocycles. The first kappa shape index (κ1) is 23.5. The molecule has 1 aromatic carbocycles. The van der Waals surface area contributed by atoms with Crippen LogP contribution in [0.4, 0.5) is 0 Å². The van der Waals surface area contributed by atoms with E-state index in [1.165, 1.54) is 23.1 Å². The first-order chi connectivity index (χ1) is 15.5. The summed E-state index contributed by atoms with van der Waals surface area (Å²) in [6.45, 7) is 5.12. The fourth-order valence-corrected chi connectivity index (χ4v) is 5.13. The van der Waals surface area contributed by atoms with Crippen molar-refractivity contribution in [2.75, 3.05) is 32.0 Å². The molecule has 0 radical (unpaired) electrons. The lowest BCUT2D eigenvalue weighted by molar-refractivity contribution is -0.119. The zero-order valence-electron chi connectivity index (χ0n) is 17.2. The number of nitrogens with zero attached hydrogens (tertiary/aromatic N) is 4. The van der Waals surface area contributed by atoms with Crippen molar-refractivity contribution in [1.82, 2.24) is 25.3 Å². The van der Waals surface area contributed by atoms with Gasteiger partial charge in [-0.25, -0.2) is 4.98 Å². The molecule has 1 unspecified atom stereocenters. The molecular formula is C20H21Cl2N5O3S2. The Hall–Kier alpha value is -1.69. The number of ether oxygens (including phenoxy) is 1. The number of rotatable bonds is 8. The minimum absolute atomic E-state index is 0.0617. The topological polar surface area (TPSA) is 93.4 Å². The number of benzene rings is 1. The molecule has 3 heterocycles. The highest BCUT2D eigenvalue weighted by Crippen LogP contribution is 2.27. The van der Waals surface area contributed by atoms with Crippen molar-refractivity contribution >= 4 is 52.2 Å². The number of hydrogen-bond donors (Lipinski definition) is 1. The molecule has 8 nitrogen and oxygen atoms in total. The molecule has 0 bridgehead atoms. The lowest BCUT2D eigenvalue weighted by Crippen LogP contribution is -2.47. The summed E-state index contributed by atoms with van der Waals surface area (Å²) in [7, 11) is 0. The molecule has 0 spiro atoms. The van der Waals surface area contributed by atoms with Gasteiger partial charge in [0, 0.05) is 38.5 Å². The Morgan fingerprint density at radius 1 is 1.34 bits per heavy atom. The van der Waals surface area contributed by atoms with Crippen LogP contribution in [0.3, 0.4) is 0 Å². The minimum atomic E-state index is -0.0626. The van der Waals surface area contributed by atoms with Gasteiger partial charge in [-0.05, 0) is 17.7 Å². The number of carbonyl (C=O) groups excluding carboxylic acids is 1. The van der Waals surface area contributed by atoms with Crippen LogP contribution in [0.15, 0.2) is 32.4 Å². The van der Waals surface area contributed by atoms with Crippen LogP contribution >= 0.6 is 46.3 Å². The van der Waals surface area contributed by atoms with Crippen molar-refractivity contribution in [3.63, 3.8) is 0 Å². The maximum Gasteiger partial charge on any atom is 0.230 e. The van der Waals surface area contributed by atoms with E-state index in [0.29, 0.717) is 40.6 Å². The number of morpholine rings is 1. The molecule has 4 rings (SSSR count). The zero-order chi connectivity index (χ0) is 22.5. The monoisotopic (exact) mass is 513 g/mol. The van der Waals surface area contributed by atoms with E-state index in [4.69, 9.17) is 32.5 Å². The van der Waals surface area contributed by atoms with Crippen molar-refractivity contribution in [1.29, 1.82) is 0 Å². The first-order valence-corrected chi connectivity index (χ1v) is 12.5. The third-order valence-electron chi connectivity index (χ3n) is 4.71. The summed E-state index contributed by atoms with van der Waals surface area (Å²) >= 11 is 14.9. The number of nitrogens with one attached hydrogen (secondary N) is 1. The van der Waals surface area contributed by atoms with Crippen molar-refractivity contribution in [2.24, 2.45) is 0 Å². The average Bonchev–Trinajstić information content (AvgIpc) is 3.42. The number of aromatic nitrogens is 3.